The number of hydrogen-bond donors (Lipinski definition) is 2. The summed E-state index contributed by atoms with van der Waals surface area (Å²) < 4.78 is 39.5. The van der Waals surface area contributed by atoms with Gasteiger partial charge in [0.25, 0.3) is 5.91 Å². The van der Waals surface area contributed by atoms with Gasteiger partial charge in [-0.25, -0.2) is 9.67 Å². The Bertz CT molecular complexity index is 718. The standard InChI is InChI=1S/C14H16F3N5O/c1-2-11-20-12-9(4-3-5-22(12)21-11)19-13(23)8-6-10(18-7-8)14(15,16)17/h6-7,9,18H,2-5H2,1H3,(H,19,23). The minimum absolute atomic E-state index is 0.0512. The second kappa shape index (κ2) is 5.71. The molecule has 9 heteroatoms. The molecule has 2 aromatic heterocycles. The van der Waals surface area contributed by atoms with E-state index < -0.39 is 17.8 Å². The molecule has 0 saturated carbocycles. The van der Waals surface area contributed by atoms with Crippen molar-refractivity contribution in [2.45, 2.75) is 44.9 Å². The Hall–Kier alpha value is -2.32. The van der Waals surface area contributed by atoms with Crippen LogP contribution in [0.2, 0.25) is 0 Å². The van der Waals surface area contributed by atoms with Crippen LogP contribution in [-0.4, -0.2) is 25.7 Å². The summed E-state index contributed by atoms with van der Waals surface area (Å²) in [6, 6.07) is 0.466. The van der Waals surface area contributed by atoms with E-state index in [1.807, 2.05) is 6.92 Å². The SMILES string of the molecule is CCc1nc2n(n1)CCCC2NC(=O)c1c[nH]c(C(F)(F)F)c1. The lowest BCUT2D eigenvalue weighted by Crippen LogP contribution is -2.33. The van der Waals surface area contributed by atoms with Gasteiger partial charge in [-0.2, -0.15) is 18.3 Å². The highest BCUT2D eigenvalue weighted by Gasteiger charge is 2.33. The van der Waals surface area contributed by atoms with E-state index >= 15 is 0 Å². The molecular formula is C14H16F3N5O. The van der Waals surface area contributed by atoms with Crippen molar-refractivity contribution in [1.29, 1.82) is 0 Å². The zero-order chi connectivity index (χ0) is 16.6. The maximum atomic E-state index is 12.6. The van der Waals surface area contributed by atoms with Gasteiger partial charge >= 0.3 is 6.18 Å². The summed E-state index contributed by atoms with van der Waals surface area (Å²) in [5, 5.41) is 7.08. The van der Waals surface area contributed by atoms with Gasteiger partial charge in [0.15, 0.2) is 5.82 Å². The molecule has 0 saturated heterocycles. The smallest absolute Gasteiger partial charge is 0.357 e. The molecule has 0 aromatic carbocycles. The number of H-pyrrole nitrogens is 1. The molecule has 0 spiro atoms. The van der Waals surface area contributed by atoms with Crippen LogP contribution in [0.1, 0.15) is 53.5 Å². The van der Waals surface area contributed by atoms with E-state index in [1.165, 1.54) is 0 Å². The number of halogens is 3. The second-order valence-corrected chi connectivity index (χ2v) is 5.43. The maximum absolute atomic E-state index is 12.6. The van der Waals surface area contributed by atoms with E-state index in [-0.39, 0.29) is 11.6 Å². The number of aromatic amines is 1. The highest BCUT2D eigenvalue weighted by Crippen LogP contribution is 2.29. The predicted molar refractivity (Wildman–Crippen MR) is 74.6 cm³/mol. The molecule has 3 heterocycles. The molecule has 2 N–H and O–H groups in total. The average Bonchev–Trinajstić information content (AvgIpc) is 3.13. The fourth-order valence-corrected chi connectivity index (χ4v) is 2.62. The largest absolute Gasteiger partial charge is 0.431 e. The second-order valence-electron chi connectivity index (χ2n) is 5.43. The molecule has 1 amide bonds. The van der Waals surface area contributed by atoms with Crippen molar-refractivity contribution in [3.05, 3.63) is 35.2 Å². The van der Waals surface area contributed by atoms with E-state index in [4.69, 9.17) is 0 Å². The lowest BCUT2D eigenvalue weighted by atomic mass is 10.1. The Morgan fingerprint density at radius 2 is 2.30 bits per heavy atom. The summed E-state index contributed by atoms with van der Waals surface area (Å²) in [6.45, 7) is 2.67. The molecule has 2 aromatic rings. The number of carbonyl (C=O) groups is 1. The number of amides is 1. The van der Waals surface area contributed by atoms with Gasteiger partial charge in [0.2, 0.25) is 0 Å². The lowest BCUT2D eigenvalue weighted by molar-refractivity contribution is -0.140. The summed E-state index contributed by atoms with van der Waals surface area (Å²) in [6.07, 6.45) is -1.24. The number of nitrogens with one attached hydrogen (secondary N) is 2. The monoisotopic (exact) mass is 327 g/mol. The van der Waals surface area contributed by atoms with E-state index in [0.29, 0.717) is 24.5 Å². The third-order valence-electron chi connectivity index (χ3n) is 3.79. The van der Waals surface area contributed by atoms with Crippen molar-refractivity contribution in [2.75, 3.05) is 0 Å². The zero-order valence-electron chi connectivity index (χ0n) is 12.4. The summed E-state index contributed by atoms with van der Waals surface area (Å²) in [5.41, 5.74) is -0.993. The van der Waals surface area contributed by atoms with Gasteiger partial charge in [-0.05, 0) is 18.9 Å². The number of fused-ring (bicyclic) bond motifs is 1. The van der Waals surface area contributed by atoms with Crippen LogP contribution in [0.3, 0.4) is 0 Å². The predicted octanol–water partition coefficient (Wildman–Crippen LogP) is 2.45. The topological polar surface area (TPSA) is 75.6 Å². The number of rotatable bonds is 3. The van der Waals surface area contributed by atoms with Gasteiger partial charge in [0.05, 0.1) is 11.6 Å². The summed E-state index contributed by atoms with van der Waals surface area (Å²) >= 11 is 0. The number of hydrogen-bond acceptors (Lipinski definition) is 3. The first-order valence-electron chi connectivity index (χ1n) is 7.38. The summed E-state index contributed by atoms with van der Waals surface area (Å²) in [5.74, 6) is 0.798. The van der Waals surface area contributed by atoms with Crippen LogP contribution >= 0.6 is 0 Å². The van der Waals surface area contributed by atoms with Gasteiger partial charge in [0.1, 0.15) is 11.5 Å². The molecule has 0 aliphatic carbocycles. The van der Waals surface area contributed by atoms with Crippen LogP contribution in [0.15, 0.2) is 12.3 Å². The van der Waals surface area contributed by atoms with E-state index in [1.54, 1.807) is 4.68 Å². The molecule has 124 valence electrons. The van der Waals surface area contributed by atoms with Gasteiger partial charge in [-0.3, -0.25) is 4.79 Å². The van der Waals surface area contributed by atoms with Crippen molar-refractivity contribution in [1.82, 2.24) is 25.1 Å². The molecule has 23 heavy (non-hydrogen) atoms. The fraction of sp³-hybridized carbons (Fsp3) is 0.500. The van der Waals surface area contributed by atoms with Crippen LogP contribution < -0.4 is 5.32 Å². The highest BCUT2D eigenvalue weighted by molar-refractivity contribution is 5.94. The maximum Gasteiger partial charge on any atom is 0.431 e. The number of alkyl halides is 3. The normalized spacial score (nSPS) is 17.8. The zero-order valence-corrected chi connectivity index (χ0v) is 12.4. The van der Waals surface area contributed by atoms with Crippen molar-refractivity contribution < 1.29 is 18.0 Å². The molecule has 0 bridgehead atoms. The molecule has 1 unspecified atom stereocenters. The third kappa shape index (κ3) is 3.08. The Balaban J connectivity index is 1.76. The van der Waals surface area contributed by atoms with Crippen molar-refractivity contribution in [3.8, 4) is 0 Å². The Kier molecular flexibility index (Phi) is 3.87. The molecule has 3 rings (SSSR count). The van der Waals surface area contributed by atoms with Crippen molar-refractivity contribution in [2.24, 2.45) is 0 Å². The first kappa shape index (κ1) is 15.6. The van der Waals surface area contributed by atoms with Gasteiger partial charge in [0, 0.05) is 19.2 Å². The molecule has 1 aliphatic rings. The Labute approximate surface area is 130 Å². The highest BCUT2D eigenvalue weighted by atomic mass is 19.4. The quantitative estimate of drug-likeness (QED) is 0.909. The Morgan fingerprint density at radius 3 is 2.96 bits per heavy atom. The summed E-state index contributed by atoms with van der Waals surface area (Å²) in [4.78, 5) is 18.7. The van der Waals surface area contributed by atoms with Crippen molar-refractivity contribution >= 4 is 5.91 Å². The van der Waals surface area contributed by atoms with E-state index in [2.05, 4.69) is 20.4 Å². The molecule has 1 aliphatic heterocycles. The molecule has 0 radical (unpaired) electrons. The van der Waals surface area contributed by atoms with E-state index in [0.717, 1.165) is 25.2 Å². The first-order valence-corrected chi connectivity index (χ1v) is 7.38. The van der Waals surface area contributed by atoms with Crippen LogP contribution in [0, 0.1) is 0 Å². The molecular weight excluding hydrogens is 311 g/mol. The third-order valence-corrected chi connectivity index (χ3v) is 3.79. The van der Waals surface area contributed by atoms with Crippen LogP contribution in [0.5, 0.6) is 0 Å². The van der Waals surface area contributed by atoms with E-state index in [9.17, 15) is 18.0 Å². The van der Waals surface area contributed by atoms with Crippen LogP contribution in [0.25, 0.3) is 0 Å². The van der Waals surface area contributed by atoms with Gasteiger partial charge in [-0.1, -0.05) is 6.92 Å². The van der Waals surface area contributed by atoms with Gasteiger partial charge in [-0.15, -0.1) is 0 Å². The Morgan fingerprint density at radius 1 is 1.52 bits per heavy atom. The molecule has 1 atom stereocenters. The van der Waals surface area contributed by atoms with Crippen LogP contribution in [-0.2, 0) is 19.1 Å². The average molecular weight is 327 g/mol. The van der Waals surface area contributed by atoms with Crippen LogP contribution in [0.4, 0.5) is 13.2 Å². The van der Waals surface area contributed by atoms with Gasteiger partial charge < -0.3 is 10.3 Å². The number of aryl methyl sites for hydroxylation is 2. The molecule has 0 fully saturated rings. The number of aromatic nitrogens is 4. The minimum atomic E-state index is -4.50. The fourth-order valence-electron chi connectivity index (χ4n) is 2.62. The number of nitrogens with zero attached hydrogens (tertiary/aromatic N) is 3. The number of carbonyl (C=O) groups excluding carboxylic acids is 1. The summed E-state index contributed by atoms with van der Waals surface area (Å²) in [7, 11) is 0. The first-order chi connectivity index (χ1) is 10.9. The molecule has 6 nitrogen and oxygen atoms in total. The van der Waals surface area contributed by atoms with Crippen molar-refractivity contribution in [3.63, 3.8) is 0 Å². The minimum Gasteiger partial charge on any atom is -0.357 e. The lowest BCUT2D eigenvalue weighted by Gasteiger charge is -2.22.